The molecule has 0 saturated carbocycles. The molecule has 0 amide bonds. The fourth-order valence-electron chi connectivity index (χ4n) is 2.87. The first-order valence-corrected chi connectivity index (χ1v) is 9.17. The largest absolute Gasteiger partial charge is 0.391 e. The fourth-order valence-corrected chi connectivity index (χ4v) is 2.87. The lowest BCUT2D eigenvalue weighted by Crippen LogP contribution is -1.99. The van der Waals surface area contributed by atoms with Gasteiger partial charge < -0.3 is 10.2 Å². The Morgan fingerprint density at radius 3 is 2.52 bits per heavy atom. The molecule has 0 spiro atoms. The first kappa shape index (κ1) is 18.6. The third kappa shape index (κ3) is 4.55. The molecular formula is C23H19FN4O. The normalized spacial score (nSPS) is 11.4. The number of hydrogen-bond donors (Lipinski definition) is 1. The minimum Gasteiger partial charge on any atom is -0.391 e. The van der Waals surface area contributed by atoms with Crippen LogP contribution in [-0.4, -0.2) is 15.7 Å². The molecule has 1 heterocycles. The van der Waals surface area contributed by atoms with Crippen LogP contribution in [0.2, 0.25) is 0 Å². The van der Waals surface area contributed by atoms with Crippen molar-refractivity contribution >= 4 is 28.1 Å². The summed E-state index contributed by atoms with van der Waals surface area (Å²) in [4.78, 5) is 14.0. The van der Waals surface area contributed by atoms with Crippen LogP contribution in [0.3, 0.4) is 0 Å². The van der Waals surface area contributed by atoms with Crippen molar-refractivity contribution in [2.75, 3.05) is 5.32 Å². The van der Waals surface area contributed by atoms with E-state index >= 15 is 0 Å². The molecule has 4 aromatic rings. The second-order valence-electron chi connectivity index (χ2n) is 6.52. The Morgan fingerprint density at radius 2 is 1.72 bits per heavy atom. The van der Waals surface area contributed by atoms with Crippen LogP contribution in [0.4, 0.5) is 15.9 Å². The van der Waals surface area contributed by atoms with Gasteiger partial charge in [-0.2, -0.15) is 0 Å². The van der Waals surface area contributed by atoms with Crippen LogP contribution >= 0.6 is 0 Å². The van der Waals surface area contributed by atoms with Gasteiger partial charge in [-0.15, -0.1) is 0 Å². The SMILES string of the molecule is C/C(=N\OCc1ccc(F)cc1)c1ccc(Nc2ncnc3ccccc23)cc1. The van der Waals surface area contributed by atoms with Crippen LogP contribution in [0.1, 0.15) is 18.1 Å². The van der Waals surface area contributed by atoms with Crippen LogP contribution in [0.25, 0.3) is 10.9 Å². The molecule has 0 bridgehead atoms. The lowest BCUT2D eigenvalue weighted by molar-refractivity contribution is 0.130. The summed E-state index contributed by atoms with van der Waals surface area (Å²) >= 11 is 0. The van der Waals surface area contributed by atoms with Crippen molar-refractivity contribution in [2.24, 2.45) is 5.16 Å². The maximum absolute atomic E-state index is 12.9. The van der Waals surface area contributed by atoms with Crippen molar-refractivity contribution in [3.63, 3.8) is 0 Å². The Morgan fingerprint density at radius 1 is 0.966 bits per heavy atom. The molecule has 0 atom stereocenters. The minimum atomic E-state index is -0.267. The van der Waals surface area contributed by atoms with Crippen molar-refractivity contribution in [1.82, 2.24) is 9.97 Å². The molecule has 1 N–H and O–H groups in total. The van der Waals surface area contributed by atoms with Crippen LogP contribution in [0.15, 0.2) is 84.3 Å². The second kappa shape index (κ2) is 8.48. The lowest BCUT2D eigenvalue weighted by Gasteiger charge is -2.09. The number of oxime groups is 1. The number of aromatic nitrogens is 2. The summed E-state index contributed by atoms with van der Waals surface area (Å²) in [5.41, 5.74) is 4.37. The predicted octanol–water partition coefficient (Wildman–Crippen LogP) is 5.45. The number of halogens is 1. The Kier molecular flexibility index (Phi) is 5.42. The number of hydrogen-bond acceptors (Lipinski definition) is 5. The molecule has 4 rings (SSSR count). The van der Waals surface area contributed by atoms with Gasteiger partial charge >= 0.3 is 0 Å². The van der Waals surface area contributed by atoms with Gasteiger partial charge in [-0.1, -0.05) is 41.6 Å². The molecule has 144 valence electrons. The molecule has 0 aliphatic heterocycles. The highest BCUT2D eigenvalue weighted by Crippen LogP contribution is 2.23. The van der Waals surface area contributed by atoms with E-state index in [0.717, 1.165) is 39.2 Å². The van der Waals surface area contributed by atoms with E-state index in [4.69, 9.17) is 4.84 Å². The minimum absolute atomic E-state index is 0.267. The van der Waals surface area contributed by atoms with Gasteiger partial charge in [0.2, 0.25) is 0 Å². The second-order valence-corrected chi connectivity index (χ2v) is 6.52. The van der Waals surface area contributed by atoms with Crippen molar-refractivity contribution in [2.45, 2.75) is 13.5 Å². The van der Waals surface area contributed by atoms with Gasteiger partial charge in [-0.25, -0.2) is 14.4 Å². The standard InChI is InChI=1S/C23H19FN4O/c1-16(28-29-14-17-6-10-19(24)11-7-17)18-8-12-20(13-9-18)27-23-21-4-2-3-5-22(21)25-15-26-23/h2-13,15H,14H2,1H3,(H,25,26,27)/b28-16+. The maximum Gasteiger partial charge on any atom is 0.142 e. The molecular weight excluding hydrogens is 367 g/mol. The highest BCUT2D eigenvalue weighted by atomic mass is 19.1. The molecule has 0 unspecified atom stereocenters. The summed E-state index contributed by atoms with van der Waals surface area (Å²) in [7, 11) is 0. The van der Waals surface area contributed by atoms with Gasteiger partial charge in [0.15, 0.2) is 0 Å². The average molecular weight is 386 g/mol. The van der Waals surface area contributed by atoms with E-state index < -0.39 is 0 Å². The number of nitrogens with one attached hydrogen (secondary N) is 1. The van der Waals surface area contributed by atoms with E-state index in [9.17, 15) is 4.39 Å². The summed E-state index contributed by atoms with van der Waals surface area (Å²) in [5.74, 6) is 0.494. The molecule has 0 aliphatic rings. The smallest absolute Gasteiger partial charge is 0.142 e. The number of anilines is 2. The lowest BCUT2D eigenvalue weighted by atomic mass is 10.1. The number of rotatable bonds is 6. The predicted molar refractivity (Wildman–Crippen MR) is 113 cm³/mol. The van der Waals surface area contributed by atoms with Crippen LogP contribution in [0.5, 0.6) is 0 Å². The van der Waals surface area contributed by atoms with E-state index in [1.165, 1.54) is 12.1 Å². The van der Waals surface area contributed by atoms with Crippen LogP contribution in [0, 0.1) is 5.82 Å². The Balaban J connectivity index is 1.42. The monoisotopic (exact) mass is 386 g/mol. The van der Waals surface area contributed by atoms with Crippen molar-refractivity contribution in [1.29, 1.82) is 0 Å². The highest BCUT2D eigenvalue weighted by Gasteiger charge is 2.04. The van der Waals surface area contributed by atoms with Crippen LogP contribution in [-0.2, 0) is 11.4 Å². The third-order valence-corrected chi connectivity index (χ3v) is 4.45. The van der Waals surface area contributed by atoms with Gasteiger partial charge in [0.25, 0.3) is 0 Å². The summed E-state index contributed by atoms with van der Waals surface area (Å²) < 4.78 is 12.9. The Labute approximate surface area is 167 Å². The fraction of sp³-hybridized carbons (Fsp3) is 0.0870. The summed E-state index contributed by atoms with van der Waals surface area (Å²) in [6, 6.07) is 21.9. The van der Waals surface area contributed by atoms with E-state index in [-0.39, 0.29) is 12.4 Å². The number of para-hydroxylation sites is 1. The summed E-state index contributed by atoms with van der Waals surface area (Å²) in [6.45, 7) is 2.17. The zero-order valence-corrected chi connectivity index (χ0v) is 15.8. The van der Waals surface area contributed by atoms with Crippen molar-refractivity contribution in [3.05, 3.63) is 96.1 Å². The molecule has 0 radical (unpaired) electrons. The zero-order valence-electron chi connectivity index (χ0n) is 15.8. The van der Waals surface area contributed by atoms with Crippen molar-refractivity contribution < 1.29 is 9.23 Å². The van der Waals surface area contributed by atoms with E-state index in [0.29, 0.717) is 0 Å². The number of fused-ring (bicyclic) bond motifs is 1. The number of benzene rings is 3. The molecule has 5 nitrogen and oxygen atoms in total. The van der Waals surface area contributed by atoms with Crippen LogP contribution < -0.4 is 5.32 Å². The average Bonchev–Trinajstić information content (AvgIpc) is 2.76. The third-order valence-electron chi connectivity index (χ3n) is 4.45. The molecule has 3 aromatic carbocycles. The quantitative estimate of drug-likeness (QED) is 0.353. The van der Waals surface area contributed by atoms with E-state index in [1.54, 1.807) is 18.5 Å². The van der Waals surface area contributed by atoms with Crippen molar-refractivity contribution in [3.8, 4) is 0 Å². The molecule has 0 saturated heterocycles. The molecule has 6 heteroatoms. The Hall–Kier alpha value is -3.80. The number of nitrogens with zero attached hydrogens (tertiary/aromatic N) is 3. The van der Waals surface area contributed by atoms with Gasteiger partial charge in [-0.3, -0.25) is 0 Å². The first-order chi connectivity index (χ1) is 14.2. The van der Waals surface area contributed by atoms with Gasteiger partial charge in [0.05, 0.1) is 11.2 Å². The van der Waals surface area contributed by atoms with Gasteiger partial charge in [-0.05, 0) is 54.4 Å². The first-order valence-electron chi connectivity index (χ1n) is 9.17. The molecule has 1 aromatic heterocycles. The highest BCUT2D eigenvalue weighted by molar-refractivity contribution is 5.98. The Bertz CT molecular complexity index is 1140. The molecule has 0 aliphatic carbocycles. The van der Waals surface area contributed by atoms with Gasteiger partial charge in [0.1, 0.15) is 24.6 Å². The summed E-state index contributed by atoms with van der Waals surface area (Å²) in [5, 5.41) is 8.44. The summed E-state index contributed by atoms with van der Waals surface area (Å²) in [6.07, 6.45) is 1.55. The molecule has 0 fully saturated rings. The van der Waals surface area contributed by atoms with Gasteiger partial charge in [0, 0.05) is 11.1 Å². The zero-order chi connectivity index (χ0) is 20.1. The maximum atomic E-state index is 12.9. The van der Waals surface area contributed by atoms with E-state index in [1.807, 2.05) is 55.5 Å². The molecule has 29 heavy (non-hydrogen) atoms. The topological polar surface area (TPSA) is 59.4 Å². The van der Waals surface area contributed by atoms with E-state index in [2.05, 4.69) is 20.4 Å².